The number of rotatable bonds is 7. The molecule has 108 valence electrons. The molecule has 20 heavy (non-hydrogen) atoms. The van der Waals surface area contributed by atoms with Gasteiger partial charge in [0.15, 0.2) is 0 Å². The van der Waals surface area contributed by atoms with E-state index in [1.54, 1.807) is 19.1 Å². The summed E-state index contributed by atoms with van der Waals surface area (Å²) in [4.78, 5) is 22.7. The number of carbonyl (C=O) groups excluding carboxylic acids is 2. The minimum atomic E-state index is -0.404. The highest BCUT2D eigenvalue weighted by molar-refractivity contribution is 5.86. The molecule has 1 aromatic rings. The first-order valence-electron chi connectivity index (χ1n) is 6.43. The van der Waals surface area contributed by atoms with Crippen LogP contribution in [-0.4, -0.2) is 25.0 Å². The fourth-order valence-corrected chi connectivity index (χ4v) is 1.47. The summed E-state index contributed by atoms with van der Waals surface area (Å²) in [6.45, 7) is 5.82. The van der Waals surface area contributed by atoms with Crippen LogP contribution < -0.4 is 11.1 Å². The third-order valence-electron chi connectivity index (χ3n) is 2.57. The summed E-state index contributed by atoms with van der Waals surface area (Å²) in [6.07, 6.45) is 0.887. The smallest absolute Gasteiger partial charge is 0.333 e. The number of benzene rings is 1. The number of hydrogen-bond acceptors (Lipinski definition) is 4. The van der Waals surface area contributed by atoms with Gasteiger partial charge in [0, 0.05) is 17.8 Å². The summed E-state index contributed by atoms with van der Waals surface area (Å²) in [7, 11) is 0. The SMILES string of the molecule is C=C(C)C(=O)OCCCNC(=O)Cc1ccc(N)cc1. The number of nitrogens with two attached hydrogens (primary N) is 1. The maximum absolute atomic E-state index is 11.6. The zero-order valence-electron chi connectivity index (χ0n) is 11.6. The van der Waals surface area contributed by atoms with Crippen LogP contribution in [0, 0.1) is 0 Å². The van der Waals surface area contributed by atoms with Gasteiger partial charge in [0.2, 0.25) is 5.91 Å². The normalized spacial score (nSPS) is 9.85. The van der Waals surface area contributed by atoms with E-state index in [0.29, 0.717) is 30.6 Å². The molecule has 5 heteroatoms. The van der Waals surface area contributed by atoms with Gasteiger partial charge >= 0.3 is 5.97 Å². The van der Waals surface area contributed by atoms with Gasteiger partial charge in [-0.2, -0.15) is 0 Å². The molecule has 0 aliphatic carbocycles. The molecule has 5 nitrogen and oxygen atoms in total. The first-order valence-corrected chi connectivity index (χ1v) is 6.43. The standard InChI is InChI=1S/C15H20N2O3/c1-11(2)15(19)20-9-3-8-17-14(18)10-12-4-6-13(16)7-5-12/h4-7H,1,3,8-10,16H2,2H3,(H,17,18). The first kappa shape index (κ1) is 15.8. The number of nitrogen functional groups attached to an aromatic ring is 1. The molecule has 0 saturated carbocycles. The summed E-state index contributed by atoms with van der Waals surface area (Å²) in [6, 6.07) is 7.17. The lowest BCUT2D eigenvalue weighted by Gasteiger charge is -2.06. The summed E-state index contributed by atoms with van der Waals surface area (Å²) in [5, 5.41) is 2.76. The molecule has 1 aromatic carbocycles. The van der Waals surface area contributed by atoms with Gasteiger partial charge in [-0.05, 0) is 31.0 Å². The molecule has 0 fully saturated rings. The summed E-state index contributed by atoms with van der Waals surface area (Å²) >= 11 is 0. The van der Waals surface area contributed by atoms with Crippen molar-refractivity contribution < 1.29 is 14.3 Å². The van der Waals surface area contributed by atoms with Gasteiger partial charge in [-0.3, -0.25) is 4.79 Å². The van der Waals surface area contributed by atoms with Gasteiger partial charge in [0.05, 0.1) is 13.0 Å². The van der Waals surface area contributed by atoms with E-state index in [2.05, 4.69) is 11.9 Å². The van der Waals surface area contributed by atoms with Gasteiger partial charge in [-0.1, -0.05) is 18.7 Å². The van der Waals surface area contributed by atoms with Crippen molar-refractivity contribution >= 4 is 17.6 Å². The summed E-state index contributed by atoms with van der Waals surface area (Å²) < 4.78 is 4.91. The van der Waals surface area contributed by atoms with Gasteiger partial charge in [0.25, 0.3) is 0 Å². The molecule has 0 aromatic heterocycles. The second-order valence-electron chi connectivity index (χ2n) is 4.54. The lowest BCUT2D eigenvalue weighted by molar-refractivity contribution is -0.138. The first-order chi connectivity index (χ1) is 9.49. The van der Waals surface area contributed by atoms with Crippen LogP contribution in [0.3, 0.4) is 0 Å². The molecule has 0 aliphatic heterocycles. The number of amides is 1. The Morgan fingerprint density at radius 2 is 1.95 bits per heavy atom. The highest BCUT2D eigenvalue weighted by Gasteiger charge is 2.04. The number of anilines is 1. The van der Waals surface area contributed by atoms with Crippen LogP contribution >= 0.6 is 0 Å². The van der Waals surface area contributed by atoms with E-state index >= 15 is 0 Å². The monoisotopic (exact) mass is 276 g/mol. The van der Waals surface area contributed by atoms with E-state index in [1.807, 2.05) is 12.1 Å². The Balaban J connectivity index is 2.16. The van der Waals surface area contributed by atoms with Gasteiger partial charge in [0.1, 0.15) is 0 Å². The summed E-state index contributed by atoms with van der Waals surface area (Å²) in [5.41, 5.74) is 7.52. The Morgan fingerprint density at radius 3 is 2.55 bits per heavy atom. The maximum atomic E-state index is 11.6. The van der Waals surface area contributed by atoms with Crippen molar-refractivity contribution in [1.29, 1.82) is 0 Å². The average Bonchev–Trinajstić information content (AvgIpc) is 2.40. The minimum Gasteiger partial charge on any atom is -0.462 e. The molecule has 0 atom stereocenters. The fraction of sp³-hybridized carbons (Fsp3) is 0.333. The van der Waals surface area contributed by atoms with Crippen LogP contribution in [0.25, 0.3) is 0 Å². The number of esters is 1. The van der Waals surface area contributed by atoms with Crippen LogP contribution in [0.4, 0.5) is 5.69 Å². The molecule has 0 unspecified atom stereocenters. The van der Waals surface area contributed by atoms with Gasteiger partial charge < -0.3 is 15.8 Å². The zero-order valence-corrected chi connectivity index (χ0v) is 11.6. The maximum Gasteiger partial charge on any atom is 0.333 e. The van der Waals surface area contributed by atoms with Crippen LogP contribution in [0.5, 0.6) is 0 Å². The summed E-state index contributed by atoms with van der Waals surface area (Å²) in [5.74, 6) is -0.473. The van der Waals surface area contributed by atoms with E-state index in [1.165, 1.54) is 0 Å². The quantitative estimate of drug-likeness (QED) is 0.342. The van der Waals surface area contributed by atoms with Crippen LogP contribution in [0.15, 0.2) is 36.4 Å². The van der Waals surface area contributed by atoms with E-state index < -0.39 is 5.97 Å². The van der Waals surface area contributed by atoms with Crippen LogP contribution in [-0.2, 0) is 20.7 Å². The molecule has 0 aliphatic rings. The van der Waals surface area contributed by atoms with Crippen molar-refractivity contribution in [1.82, 2.24) is 5.32 Å². The molecule has 1 rings (SSSR count). The molecule has 0 heterocycles. The van der Waals surface area contributed by atoms with Gasteiger partial charge in [-0.15, -0.1) is 0 Å². The molecule has 0 radical (unpaired) electrons. The topological polar surface area (TPSA) is 81.4 Å². The Kier molecular flexibility index (Phi) is 6.29. The lowest BCUT2D eigenvalue weighted by atomic mass is 10.1. The van der Waals surface area contributed by atoms with Crippen molar-refractivity contribution in [2.24, 2.45) is 0 Å². The van der Waals surface area contributed by atoms with Crippen LogP contribution in [0.2, 0.25) is 0 Å². The molecule has 3 N–H and O–H groups in total. The molecule has 0 spiro atoms. The Hall–Kier alpha value is -2.30. The Bertz CT molecular complexity index is 480. The number of carbonyl (C=O) groups is 2. The number of hydrogen-bond donors (Lipinski definition) is 2. The van der Waals surface area contributed by atoms with Crippen molar-refractivity contribution in [3.05, 3.63) is 42.0 Å². The zero-order chi connectivity index (χ0) is 15.0. The number of ether oxygens (including phenoxy) is 1. The van der Waals surface area contributed by atoms with E-state index in [-0.39, 0.29) is 12.5 Å². The van der Waals surface area contributed by atoms with Crippen molar-refractivity contribution in [3.63, 3.8) is 0 Å². The highest BCUT2D eigenvalue weighted by atomic mass is 16.5. The Labute approximate surface area is 118 Å². The van der Waals surface area contributed by atoms with Gasteiger partial charge in [-0.25, -0.2) is 4.79 Å². The molecule has 0 bridgehead atoms. The fourth-order valence-electron chi connectivity index (χ4n) is 1.47. The van der Waals surface area contributed by atoms with E-state index in [0.717, 1.165) is 5.56 Å². The number of nitrogens with one attached hydrogen (secondary N) is 1. The van der Waals surface area contributed by atoms with E-state index in [4.69, 9.17) is 10.5 Å². The average molecular weight is 276 g/mol. The second kappa shape index (κ2) is 7.99. The lowest BCUT2D eigenvalue weighted by Crippen LogP contribution is -2.27. The highest BCUT2D eigenvalue weighted by Crippen LogP contribution is 2.05. The predicted molar refractivity (Wildman–Crippen MR) is 78.0 cm³/mol. The third kappa shape index (κ3) is 6.04. The van der Waals surface area contributed by atoms with Crippen molar-refractivity contribution in [3.8, 4) is 0 Å². The molecule has 0 saturated heterocycles. The van der Waals surface area contributed by atoms with Crippen molar-refractivity contribution in [2.45, 2.75) is 19.8 Å². The third-order valence-corrected chi connectivity index (χ3v) is 2.57. The Morgan fingerprint density at radius 1 is 1.30 bits per heavy atom. The van der Waals surface area contributed by atoms with Crippen LogP contribution in [0.1, 0.15) is 18.9 Å². The molecular weight excluding hydrogens is 256 g/mol. The minimum absolute atomic E-state index is 0.0685. The second-order valence-corrected chi connectivity index (χ2v) is 4.54. The largest absolute Gasteiger partial charge is 0.462 e. The predicted octanol–water partition coefficient (Wildman–Crippen LogP) is 1.44. The molecular formula is C15H20N2O3. The van der Waals surface area contributed by atoms with E-state index in [9.17, 15) is 9.59 Å². The molecule has 1 amide bonds. The van der Waals surface area contributed by atoms with Crippen molar-refractivity contribution in [2.75, 3.05) is 18.9 Å².